The van der Waals surface area contributed by atoms with Crippen molar-refractivity contribution < 1.29 is 0 Å². The Kier molecular flexibility index (Phi) is 13.9. The molecule has 2 aromatic rings. The molecule has 0 amide bonds. The first-order chi connectivity index (χ1) is 13.4. The number of rotatable bonds is 16. The van der Waals surface area contributed by atoms with Gasteiger partial charge in [0.25, 0.3) is 0 Å². The summed E-state index contributed by atoms with van der Waals surface area (Å²) in [6.07, 6.45) is 14.0. The van der Waals surface area contributed by atoms with E-state index in [1.165, 1.54) is 74.9 Å². The van der Waals surface area contributed by atoms with Gasteiger partial charge in [-0.2, -0.15) is 0 Å². The molecule has 2 rings (SSSR count). The summed E-state index contributed by atoms with van der Waals surface area (Å²) in [5.74, 6) is 1.21. The molecule has 0 unspecified atom stereocenters. The van der Waals surface area contributed by atoms with Crippen molar-refractivity contribution in [2.45, 2.75) is 84.7 Å². The zero-order valence-corrected chi connectivity index (χ0v) is 20.2. The largest absolute Gasteiger partial charge is 0.186 e. The maximum absolute atomic E-state index is 4.29. The third-order valence-electron chi connectivity index (χ3n) is 4.05. The first-order valence-electron chi connectivity index (χ1n) is 9.91. The van der Waals surface area contributed by atoms with E-state index in [4.69, 9.17) is 0 Å². The fourth-order valence-corrected chi connectivity index (χ4v) is 8.17. The Bertz CT molecular complexity index is 591. The summed E-state index contributed by atoms with van der Waals surface area (Å²) in [5, 5.41) is 8.58. The number of nitrogens with zero attached hydrogens (tertiary/aromatic N) is 2. The van der Waals surface area contributed by atoms with Gasteiger partial charge in [0, 0.05) is 10.6 Å². The first kappa shape index (κ1) is 23.5. The van der Waals surface area contributed by atoms with Crippen molar-refractivity contribution in [2.24, 2.45) is 0 Å². The minimum Gasteiger partial charge on any atom is -0.130 e. The average Bonchev–Trinajstić information content (AvgIpc) is 3.16. The molecule has 0 atom stereocenters. The van der Waals surface area contributed by atoms with E-state index in [0.29, 0.717) is 0 Å². The zero-order chi connectivity index (χ0) is 19.0. The van der Waals surface area contributed by atoms with Crippen molar-refractivity contribution in [3.05, 3.63) is 30.3 Å². The van der Waals surface area contributed by atoms with Crippen molar-refractivity contribution in [1.82, 2.24) is 10.2 Å². The smallest absolute Gasteiger partial charge is 0.130 e. The molecular formula is C20H30N2S5. The van der Waals surface area contributed by atoms with Crippen LogP contribution in [0.15, 0.2) is 43.9 Å². The third kappa shape index (κ3) is 11.7. The highest BCUT2D eigenvalue weighted by atomic mass is 33.1. The van der Waals surface area contributed by atoms with Crippen LogP contribution in [-0.2, 0) is 0 Å². The van der Waals surface area contributed by atoms with Gasteiger partial charge in [0.2, 0.25) is 0 Å². The predicted octanol–water partition coefficient (Wildman–Crippen LogP) is 9.00. The van der Waals surface area contributed by atoms with E-state index in [-0.39, 0.29) is 0 Å². The number of hydrogen-bond acceptors (Lipinski definition) is 7. The highest BCUT2D eigenvalue weighted by Crippen LogP contribution is 2.42. The van der Waals surface area contributed by atoms with Crippen LogP contribution in [0.1, 0.15) is 71.1 Å². The van der Waals surface area contributed by atoms with E-state index in [0.717, 1.165) is 8.68 Å². The lowest BCUT2D eigenvalue weighted by Crippen LogP contribution is -1.83. The Morgan fingerprint density at radius 1 is 0.704 bits per heavy atom. The van der Waals surface area contributed by atoms with Crippen molar-refractivity contribution in [2.75, 3.05) is 5.75 Å². The summed E-state index contributed by atoms with van der Waals surface area (Å²) in [5.41, 5.74) is 0. The Balaban J connectivity index is 1.43. The molecule has 0 aliphatic carbocycles. The van der Waals surface area contributed by atoms with Gasteiger partial charge in [-0.15, -0.1) is 10.2 Å². The monoisotopic (exact) mass is 458 g/mol. The van der Waals surface area contributed by atoms with Crippen LogP contribution in [0.2, 0.25) is 0 Å². The summed E-state index contributed by atoms with van der Waals surface area (Å²) in [7, 11) is 7.14. The van der Waals surface area contributed by atoms with E-state index in [1.54, 1.807) is 43.7 Å². The topological polar surface area (TPSA) is 25.8 Å². The molecule has 150 valence electrons. The number of benzene rings is 1. The van der Waals surface area contributed by atoms with Crippen LogP contribution >= 0.6 is 54.5 Å². The molecule has 27 heavy (non-hydrogen) atoms. The lowest BCUT2D eigenvalue weighted by atomic mass is 10.1. The van der Waals surface area contributed by atoms with Gasteiger partial charge in [-0.1, -0.05) is 116 Å². The second kappa shape index (κ2) is 16.0. The molecular weight excluding hydrogens is 429 g/mol. The van der Waals surface area contributed by atoms with E-state index in [2.05, 4.69) is 41.4 Å². The van der Waals surface area contributed by atoms with Gasteiger partial charge in [-0.25, -0.2) is 0 Å². The van der Waals surface area contributed by atoms with Crippen molar-refractivity contribution >= 4 is 54.5 Å². The second-order valence-electron chi connectivity index (χ2n) is 6.40. The average molecular weight is 459 g/mol. The molecule has 0 fully saturated rings. The Labute approximate surface area is 184 Å². The van der Waals surface area contributed by atoms with Crippen LogP contribution in [0.4, 0.5) is 0 Å². The van der Waals surface area contributed by atoms with Crippen LogP contribution in [0.3, 0.4) is 0 Å². The lowest BCUT2D eigenvalue weighted by molar-refractivity contribution is 0.563. The van der Waals surface area contributed by atoms with Crippen LogP contribution in [0.25, 0.3) is 0 Å². The van der Waals surface area contributed by atoms with Crippen LogP contribution in [0.5, 0.6) is 0 Å². The third-order valence-corrected chi connectivity index (χ3v) is 10.4. The molecule has 0 radical (unpaired) electrons. The fourth-order valence-electron chi connectivity index (χ4n) is 2.56. The van der Waals surface area contributed by atoms with Gasteiger partial charge in [-0.05, 0) is 40.1 Å². The van der Waals surface area contributed by atoms with Crippen molar-refractivity contribution in [3.63, 3.8) is 0 Å². The summed E-state index contributed by atoms with van der Waals surface area (Å²) in [4.78, 5) is 1.25. The number of unbranched alkanes of at least 4 members (excludes halogenated alkanes) is 9. The number of hydrogen-bond donors (Lipinski definition) is 0. The molecule has 0 saturated carbocycles. The molecule has 0 aliphatic rings. The summed E-state index contributed by atoms with van der Waals surface area (Å²) in [6, 6.07) is 10.4. The van der Waals surface area contributed by atoms with Crippen molar-refractivity contribution in [1.29, 1.82) is 0 Å². The molecule has 7 heteroatoms. The summed E-state index contributed by atoms with van der Waals surface area (Å²) >= 11 is 1.70. The van der Waals surface area contributed by atoms with Crippen LogP contribution < -0.4 is 0 Å². The fraction of sp³-hybridized carbons (Fsp3) is 0.600. The van der Waals surface area contributed by atoms with Gasteiger partial charge in [0.15, 0.2) is 8.68 Å². The van der Waals surface area contributed by atoms with Crippen LogP contribution in [-0.4, -0.2) is 16.0 Å². The lowest BCUT2D eigenvalue weighted by Gasteiger charge is -2.02. The van der Waals surface area contributed by atoms with E-state index >= 15 is 0 Å². The maximum atomic E-state index is 4.29. The minimum atomic E-state index is 1.03. The molecule has 0 aliphatic heterocycles. The molecule has 1 aromatic carbocycles. The highest BCUT2D eigenvalue weighted by Gasteiger charge is 2.07. The standard InChI is InChI=1S/C20H30N2S5/c1-2-3-4-5-6-7-8-9-10-14-17-23-26-19-21-22-20(24-19)27-25-18-15-12-11-13-16-18/h11-13,15-16H,2-10,14,17H2,1H3. The predicted molar refractivity (Wildman–Crippen MR) is 128 cm³/mol. The minimum absolute atomic E-state index is 1.03. The second-order valence-corrected chi connectivity index (χ2v) is 12.5. The van der Waals surface area contributed by atoms with E-state index < -0.39 is 0 Å². The quantitative estimate of drug-likeness (QED) is 0.184. The SMILES string of the molecule is CCCCCCCCCCCCSSc1nnc(SSc2ccccc2)s1. The highest BCUT2D eigenvalue weighted by molar-refractivity contribution is 8.77. The Hall–Kier alpha value is 0.180. The van der Waals surface area contributed by atoms with E-state index in [1.807, 2.05) is 16.9 Å². The van der Waals surface area contributed by atoms with Gasteiger partial charge < -0.3 is 0 Å². The molecule has 2 nitrogen and oxygen atoms in total. The molecule has 0 saturated heterocycles. The first-order valence-corrected chi connectivity index (χ1v) is 15.2. The number of aromatic nitrogens is 2. The Morgan fingerprint density at radius 3 is 1.96 bits per heavy atom. The van der Waals surface area contributed by atoms with Gasteiger partial charge in [0.05, 0.1) is 0 Å². The molecule has 1 heterocycles. The molecule has 0 bridgehead atoms. The molecule has 0 spiro atoms. The van der Waals surface area contributed by atoms with Gasteiger partial charge >= 0.3 is 0 Å². The normalized spacial score (nSPS) is 11.1. The van der Waals surface area contributed by atoms with Crippen LogP contribution in [0, 0.1) is 0 Å². The zero-order valence-electron chi connectivity index (χ0n) is 16.1. The van der Waals surface area contributed by atoms with Gasteiger partial charge in [-0.3, -0.25) is 0 Å². The van der Waals surface area contributed by atoms with Gasteiger partial charge in [0.1, 0.15) is 0 Å². The summed E-state index contributed by atoms with van der Waals surface area (Å²) < 4.78 is 2.11. The molecule has 1 aromatic heterocycles. The Morgan fingerprint density at radius 2 is 1.30 bits per heavy atom. The van der Waals surface area contributed by atoms with E-state index in [9.17, 15) is 0 Å². The maximum Gasteiger partial charge on any atom is 0.186 e. The molecule has 0 N–H and O–H groups in total. The summed E-state index contributed by atoms with van der Waals surface area (Å²) in [6.45, 7) is 2.28. The van der Waals surface area contributed by atoms with Crippen molar-refractivity contribution in [3.8, 4) is 0 Å².